The second-order valence-electron chi connectivity index (χ2n) is 5.51. The molecule has 0 saturated carbocycles. The Morgan fingerprint density at radius 1 is 1.24 bits per heavy atom. The summed E-state index contributed by atoms with van der Waals surface area (Å²) < 4.78 is 10.9. The van der Waals surface area contributed by atoms with Crippen LogP contribution in [-0.4, -0.2) is 44.4 Å². The van der Waals surface area contributed by atoms with Crippen molar-refractivity contribution in [2.24, 2.45) is 5.73 Å². The standard InChI is InChI=1S/C17H22N2O2/c1-20-16-5-4-14-8-13(2-3-15(14)9-16)11-19-6-7-21-17(10-18)12-19/h2-5,8-9,17H,6-7,10-12,18H2,1H3. The number of ether oxygens (including phenoxy) is 2. The maximum Gasteiger partial charge on any atom is 0.119 e. The molecular weight excluding hydrogens is 264 g/mol. The summed E-state index contributed by atoms with van der Waals surface area (Å²) in [4.78, 5) is 2.41. The van der Waals surface area contributed by atoms with Crippen LogP contribution in [0.25, 0.3) is 10.8 Å². The van der Waals surface area contributed by atoms with Crippen LogP contribution in [0.5, 0.6) is 5.75 Å². The van der Waals surface area contributed by atoms with Gasteiger partial charge in [0.2, 0.25) is 0 Å². The summed E-state index contributed by atoms with van der Waals surface area (Å²) in [5.74, 6) is 0.897. The summed E-state index contributed by atoms with van der Waals surface area (Å²) >= 11 is 0. The van der Waals surface area contributed by atoms with E-state index in [0.29, 0.717) is 6.54 Å². The minimum Gasteiger partial charge on any atom is -0.497 e. The molecule has 0 amide bonds. The molecule has 0 aromatic heterocycles. The van der Waals surface area contributed by atoms with Crippen LogP contribution in [0.2, 0.25) is 0 Å². The number of fused-ring (bicyclic) bond motifs is 1. The van der Waals surface area contributed by atoms with E-state index in [0.717, 1.165) is 32.0 Å². The van der Waals surface area contributed by atoms with Gasteiger partial charge in [0.1, 0.15) is 5.75 Å². The summed E-state index contributed by atoms with van der Waals surface area (Å²) in [6.07, 6.45) is 0.170. The third kappa shape index (κ3) is 3.35. The van der Waals surface area contributed by atoms with Gasteiger partial charge in [0.25, 0.3) is 0 Å². The lowest BCUT2D eigenvalue weighted by molar-refractivity contribution is -0.0260. The molecular formula is C17H22N2O2. The summed E-state index contributed by atoms with van der Waals surface area (Å²) in [6, 6.07) is 12.8. The van der Waals surface area contributed by atoms with E-state index in [2.05, 4.69) is 35.2 Å². The first kappa shape index (κ1) is 14.3. The van der Waals surface area contributed by atoms with Gasteiger partial charge in [0.15, 0.2) is 0 Å². The average molecular weight is 286 g/mol. The zero-order valence-electron chi connectivity index (χ0n) is 12.4. The molecule has 4 nitrogen and oxygen atoms in total. The van der Waals surface area contributed by atoms with Gasteiger partial charge in [-0.05, 0) is 34.5 Å². The van der Waals surface area contributed by atoms with Crippen molar-refractivity contribution in [3.63, 3.8) is 0 Å². The van der Waals surface area contributed by atoms with Gasteiger partial charge in [-0.1, -0.05) is 18.2 Å². The van der Waals surface area contributed by atoms with Gasteiger partial charge in [0, 0.05) is 26.2 Å². The highest BCUT2D eigenvalue weighted by Crippen LogP contribution is 2.22. The Hall–Kier alpha value is -1.62. The first-order valence-electron chi connectivity index (χ1n) is 7.39. The molecule has 0 aliphatic carbocycles. The fourth-order valence-electron chi connectivity index (χ4n) is 2.82. The summed E-state index contributed by atoms with van der Waals surface area (Å²) in [5.41, 5.74) is 7.02. The molecule has 1 aliphatic rings. The van der Waals surface area contributed by atoms with E-state index in [-0.39, 0.29) is 6.10 Å². The number of nitrogens with zero attached hydrogens (tertiary/aromatic N) is 1. The number of hydrogen-bond donors (Lipinski definition) is 1. The number of methoxy groups -OCH3 is 1. The van der Waals surface area contributed by atoms with Crippen LogP contribution in [0.3, 0.4) is 0 Å². The van der Waals surface area contributed by atoms with Crippen LogP contribution in [0.1, 0.15) is 5.56 Å². The Labute approximate surface area is 125 Å². The van der Waals surface area contributed by atoms with Crippen molar-refractivity contribution in [2.75, 3.05) is 33.4 Å². The Balaban J connectivity index is 1.75. The van der Waals surface area contributed by atoms with E-state index in [1.807, 2.05) is 6.07 Å². The average Bonchev–Trinajstić information content (AvgIpc) is 2.54. The molecule has 4 heteroatoms. The van der Waals surface area contributed by atoms with Crippen molar-refractivity contribution in [2.45, 2.75) is 12.6 Å². The molecule has 112 valence electrons. The summed E-state index contributed by atoms with van der Waals surface area (Å²) in [7, 11) is 1.70. The highest BCUT2D eigenvalue weighted by Gasteiger charge is 2.19. The first-order chi connectivity index (χ1) is 10.3. The summed E-state index contributed by atoms with van der Waals surface area (Å²) in [6.45, 7) is 4.19. The Morgan fingerprint density at radius 3 is 2.86 bits per heavy atom. The molecule has 1 saturated heterocycles. The summed E-state index contributed by atoms with van der Waals surface area (Å²) in [5, 5.41) is 2.46. The lowest BCUT2D eigenvalue weighted by Crippen LogP contribution is -2.45. The van der Waals surface area contributed by atoms with Crippen molar-refractivity contribution in [1.82, 2.24) is 4.90 Å². The largest absolute Gasteiger partial charge is 0.497 e. The zero-order valence-corrected chi connectivity index (χ0v) is 12.4. The van der Waals surface area contributed by atoms with Crippen molar-refractivity contribution in [3.8, 4) is 5.75 Å². The number of morpholine rings is 1. The third-order valence-electron chi connectivity index (χ3n) is 4.00. The van der Waals surface area contributed by atoms with Crippen molar-refractivity contribution >= 4 is 10.8 Å². The van der Waals surface area contributed by atoms with Crippen LogP contribution >= 0.6 is 0 Å². The SMILES string of the molecule is COc1ccc2cc(CN3CCOC(CN)C3)ccc2c1. The molecule has 1 unspecified atom stereocenters. The van der Waals surface area contributed by atoms with E-state index in [9.17, 15) is 0 Å². The van der Waals surface area contributed by atoms with Gasteiger partial charge < -0.3 is 15.2 Å². The maximum atomic E-state index is 5.70. The van der Waals surface area contributed by atoms with Crippen LogP contribution < -0.4 is 10.5 Å². The predicted molar refractivity (Wildman–Crippen MR) is 84.6 cm³/mol. The molecule has 21 heavy (non-hydrogen) atoms. The van der Waals surface area contributed by atoms with Crippen molar-refractivity contribution < 1.29 is 9.47 Å². The van der Waals surface area contributed by atoms with E-state index in [1.54, 1.807) is 7.11 Å². The lowest BCUT2D eigenvalue weighted by Gasteiger charge is -2.32. The minimum atomic E-state index is 0.170. The topological polar surface area (TPSA) is 47.7 Å². The van der Waals surface area contributed by atoms with Crippen molar-refractivity contribution in [3.05, 3.63) is 42.0 Å². The molecule has 3 rings (SSSR count). The minimum absolute atomic E-state index is 0.170. The molecule has 1 heterocycles. The molecule has 1 atom stereocenters. The van der Waals surface area contributed by atoms with Crippen LogP contribution in [0.15, 0.2) is 36.4 Å². The quantitative estimate of drug-likeness (QED) is 0.934. The Bertz CT molecular complexity index is 615. The third-order valence-corrected chi connectivity index (χ3v) is 4.00. The van der Waals surface area contributed by atoms with Gasteiger partial charge >= 0.3 is 0 Å². The number of benzene rings is 2. The van der Waals surface area contributed by atoms with E-state index < -0.39 is 0 Å². The van der Waals surface area contributed by atoms with Gasteiger partial charge in [-0.3, -0.25) is 4.90 Å². The van der Waals surface area contributed by atoms with Crippen LogP contribution in [0.4, 0.5) is 0 Å². The van der Waals surface area contributed by atoms with Gasteiger partial charge in [-0.25, -0.2) is 0 Å². The van der Waals surface area contributed by atoms with Crippen LogP contribution in [-0.2, 0) is 11.3 Å². The molecule has 0 radical (unpaired) electrons. The second kappa shape index (κ2) is 6.43. The fraction of sp³-hybridized carbons (Fsp3) is 0.412. The van der Waals surface area contributed by atoms with E-state index in [4.69, 9.17) is 15.2 Å². The molecule has 0 spiro atoms. The first-order valence-corrected chi connectivity index (χ1v) is 7.39. The highest BCUT2D eigenvalue weighted by atomic mass is 16.5. The molecule has 2 aromatic rings. The zero-order chi connectivity index (χ0) is 14.7. The fourth-order valence-corrected chi connectivity index (χ4v) is 2.82. The lowest BCUT2D eigenvalue weighted by atomic mass is 10.1. The van der Waals surface area contributed by atoms with Crippen LogP contribution in [0, 0.1) is 0 Å². The number of hydrogen-bond acceptors (Lipinski definition) is 4. The van der Waals surface area contributed by atoms with Gasteiger partial charge in [-0.15, -0.1) is 0 Å². The maximum absolute atomic E-state index is 5.70. The number of nitrogens with two attached hydrogens (primary N) is 1. The molecule has 0 bridgehead atoms. The van der Waals surface area contributed by atoms with Gasteiger partial charge in [0.05, 0.1) is 19.8 Å². The molecule has 1 aliphatic heterocycles. The Kier molecular flexibility index (Phi) is 4.39. The van der Waals surface area contributed by atoms with Gasteiger partial charge in [-0.2, -0.15) is 0 Å². The smallest absolute Gasteiger partial charge is 0.119 e. The monoisotopic (exact) mass is 286 g/mol. The highest BCUT2D eigenvalue weighted by molar-refractivity contribution is 5.84. The number of rotatable bonds is 4. The van der Waals surface area contributed by atoms with Crippen molar-refractivity contribution in [1.29, 1.82) is 0 Å². The van der Waals surface area contributed by atoms with E-state index >= 15 is 0 Å². The molecule has 2 aromatic carbocycles. The van der Waals surface area contributed by atoms with E-state index in [1.165, 1.54) is 16.3 Å². The normalized spacial score (nSPS) is 19.8. The second-order valence-corrected chi connectivity index (χ2v) is 5.51. The Morgan fingerprint density at radius 2 is 2.05 bits per heavy atom. The predicted octanol–water partition coefficient (Wildman–Crippen LogP) is 2.01. The molecule has 2 N–H and O–H groups in total. The molecule has 1 fully saturated rings.